The average molecular weight is 388 g/mol. The normalized spacial score (nSPS) is 14.8. The van der Waals surface area contributed by atoms with Gasteiger partial charge in [0.15, 0.2) is 0 Å². The smallest absolute Gasteiger partial charge is 0.215 e. The Morgan fingerprint density at radius 2 is 1.96 bits per heavy atom. The van der Waals surface area contributed by atoms with Crippen molar-refractivity contribution in [2.75, 3.05) is 13.2 Å². The Morgan fingerprint density at radius 1 is 1.25 bits per heavy atom. The van der Waals surface area contributed by atoms with Crippen LogP contribution in [0.1, 0.15) is 52.0 Å². The first kappa shape index (κ1) is 21.7. The summed E-state index contributed by atoms with van der Waals surface area (Å²) in [5.74, 6) is 0. The van der Waals surface area contributed by atoms with E-state index < -0.39 is 5.62 Å². The third kappa shape index (κ3) is 7.69. The number of benzene rings is 1. The van der Waals surface area contributed by atoms with Crippen LogP contribution in [0.2, 0.25) is 0 Å². The first-order valence-electron chi connectivity index (χ1n) is 8.75. The molecule has 2 atom stereocenters. The second-order valence-electron chi connectivity index (χ2n) is 5.78. The molecule has 0 aromatic heterocycles. The Kier molecular flexibility index (Phi) is 10.9. The van der Waals surface area contributed by atoms with Gasteiger partial charge >= 0.3 is 0 Å². The van der Waals surface area contributed by atoms with Gasteiger partial charge in [-0.2, -0.15) is 0 Å². The number of hydrogen-bond donors (Lipinski definition) is 0. The molecule has 0 saturated heterocycles. The van der Waals surface area contributed by atoms with Gasteiger partial charge in [-0.1, -0.05) is 62.0 Å². The van der Waals surface area contributed by atoms with E-state index in [-0.39, 0.29) is 0 Å². The molecule has 0 saturated carbocycles. The van der Waals surface area contributed by atoms with Crippen molar-refractivity contribution in [1.82, 2.24) is 4.67 Å². The van der Waals surface area contributed by atoms with Gasteiger partial charge in [0.1, 0.15) is 0 Å². The number of aryl methyl sites for hydroxylation is 1. The summed E-state index contributed by atoms with van der Waals surface area (Å²) in [4.78, 5) is 11.6. The minimum Gasteiger partial charge on any atom is -0.327 e. The van der Waals surface area contributed by atoms with E-state index in [0.29, 0.717) is 18.4 Å². The van der Waals surface area contributed by atoms with E-state index >= 15 is 0 Å². The summed E-state index contributed by atoms with van der Waals surface area (Å²) in [6, 6.07) is 10.5. The lowest BCUT2D eigenvalue weighted by Crippen LogP contribution is -2.21. The van der Waals surface area contributed by atoms with E-state index in [1.807, 2.05) is 13.0 Å². The highest BCUT2D eigenvalue weighted by atomic mass is 32.9. The fourth-order valence-corrected chi connectivity index (χ4v) is 9.08. The third-order valence-corrected chi connectivity index (χ3v) is 10.8. The van der Waals surface area contributed by atoms with E-state index in [2.05, 4.69) is 38.1 Å². The number of nitrogens with zero attached hydrogens (tertiary/aromatic N) is 1. The lowest BCUT2D eigenvalue weighted by atomic mass is 10.1. The summed E-state index contributed by atoms with van der Waals surface area (Å²) in [6.07, 6.45) is 6.20. The Morgan fingerprint density at radius 3 is 2.54 bits per heavy atom. The third-order valence-electron chi connectivity index (χ3n) is 3.81. The van der Waals surface area contributed by atoms with E-state index in [1.54, 1.807) is 16.1 Å². The quantitative estimate of drug-likeness (QED) is 0.248. The molecule has 1 amide bonds. The zero-order chi connectivity index (χ0) is 17.8. The molecule has 0 aliphatic carbocycles. The van der Waals surface area contributed by atoms with Gasteiger partial charge < -0.3 is 4.52 Å². The molecule has 1 aromatic carbocycles. The van der Waals surface area contributed by atoms with Crippen LogP contribution in [-0.4, -0.2) is 29.5 Å². The fraction of sp³-hybridized carbons (Fsp3) is 0.611. The zero-order valence-corrected chi connectivity index (χ0v) is 17.5. The molecule has 0 spiro atoms. The molecule has 0 N–H and O–H groups in total. The predicted octanol–water partition coefficient (Wildman–Crippen LogP) is 5.65. The minimum absolute atomic E-state index is 0.405. The molecule has 0 aliphatic rings. The van der Waals surface area contributed by atoms with Gasteiger partial charge in [0, 0.05) is 11.8 Å². The topological polar surface area (TPSA) is 29.5 Å². The molecule has 24 heavy (non-hydrogen) atoms. The number of carbonyl (C=O) groups excluding carboxylic acids is 1. The van der Waals surface area contributed by atoms with Gasteiger partial charge in [-0.05, 0) is 50.0 Å². The lowest BCUT2D eigenvalue weighted by molar-refractivity contribution is -0.114. The van der Waals surface area contributed by atoms with Crippen molar-refractivity contribution in [2.24, 2.45) is 0 Å². The maximum Gasteiger partial charge on any atom is 0.215 e. The highest BCUT2D eigenvalue weighted by molar-refractivity contribution is 8.69. The molecular weight excluding hydrogens is 357 g/mol. The Balaban J connectivity index is 2.45. The van der Waals surface area contributed by atoms with E-state index in [1.165, 1.54) is 5.56 Å². The van der Waals surface area contributed by atoms with Gasteiger partial charge in [0.25, 0.3) is 0 Å². The SMILES string of the molecule is CCOP(=S)(SC(C)CC)N(C=O)CCCCCc1ccccc1. The maximum absolute atomic E-state index is 11.6. The zero-order valence-electron chi connectivity index (χ0n) is 15.0. The van der Waals surface area contributed by atoms with Crippen LogP contribution in [0.25, 0.3) is 0 Å². The molecule has 2 unspecified atom stereocenters. The standard InChI is InChI=1S/C18H30NO2PS2/c1-4-17(3)24-22(23,21-5-2)19(16-20)15-11-7-10-14-18-12-8-6-9-13-18/h6,8-9,12-13,16-17H,4-5,7,10-11,14-15H2,1-3H3. The van der Waals surface area contributed by atoms with Crippen molar-refractivity contribution >= 4 is 35.2 Å². The number of hydrogen-bond acceptors (Lipinski definition) is 4. The predicted molar refractivity (Wildman–Crippen MR) is 110 cm³/mol. The van der Waals surface area contributed by atoms with Crippen molar-refractivity contribution in [2.45, 2.75) is 58.1 Å². The number of rotatable bonds is 13. The summed E-state index contributed by atoms with van der Waals surface area (Å²) in [6.45, 7) is 7.48. The van der Waals surface area contributed by atoms with Crippen molar-refractivity contribution in [3.05, 3.63) is 35.9 Å². The van der Waals surface area contributed by atoms with Crippen molar-refractivity contribution < 1.29 is 9.32 Å². The second kappa shape index (κ2) is 12.1. The van der Waals surface area contributed by atoms with Gasteiger partial charge in [-0.25, -0.2) is 0 Å². The van der Waals surface area contributed by atoms with Crippen molar-refractivity contribution in [3.63, 3.8) is 0 Å². The van der Waals surface area contributed by atoms with Crippen LogP contribution < -0.4 is 0 Å². The summed E-state index contributed by atoms with van der Waals surface area (Å²) in [7, 11) is 0. The maximum atomic E-state index is 11.6. The minimum atomic E-state index is -2.29. The summed E-state index contributed by atoms with van der Waals surface area (Å²) in [5, 5.41) is 0.405. The van der Waals surface area contributed by atoms with Crippen LogP contribution >= 0.6 is 17.0 Å². The summed E-state index contributed by atoms with van der Waals surface area (Å²) < 4.78 is 7.62. The van der Waals surface area contributed by atoms with Crippen LogP contribution in [0, 0.1) is 0 Å². The Labute approximate surface area is 156 Å². The van der Waals surface area contributed by atoms with Crippen LogP contribution in [-0.2, 0) is 27.5 Å². The Hall–Kier alpha value is -0.350. The number of carbonyl (C=O) groups is 1. The van der Waals surface area contributed by atoms with E-state index in [0.717, 1.165) is 38.5 Å². The van der Waals surface area contributed by atoms with E-state index in [4.69, 9.17) is 16.3 Å². The molecule has 3 nitrogen and oxygen atoms in total. The molecule has 1 rings (SSSR count). The molecule has 0 fully saturated rings. The fourth-order valence-electron chi connectivity index (χ4n) is 2.29. The molecule has 1 aromatic rings. The van der Waals surface area contributed by atoms with Crippen molar-refractivity contribution in [3.8, 4) is 0 Å². The number of amides is 1. The molecule has 136 valence electrons. The highest BCUT2D eigenvalue weighted by Gasteiger charge is 2.28. The van der Waals surface area contributed by atoms with Gasteiger partial charge in [-0.3, -0.25) is 9.46 Å². The highest BCUT2D eigenvalue weighted by Crippen LogP contribution is 2.64. The largest absolute Gasteiger partial charge is 0.327 e. The molecule has 0 aliphatic heterocycles. The Bertz CT molecular complexity index is 513. The molecule has 0 radical (unpaired) electrons. The van der Waals surface area contributed by atoms with Gasteiger partial charge in [0.05, 0.1) is 6.61 Å². The summed E-state index contributed by atoms with van der Waals surface area (Å²) >= 11 is 7.43. The average Bonchev–Trinajstić information content (AvgIpc) is 2.58. The van der Waals surface area contributed by atoms with Gasteiger partial charge in [0.2, 0.25) is 12.0 Å². The first-order chi connectivity index (χ1) is 11.6. The first-order valence-corrected chi connectivity index (χ1v) is 12.9. The molecule has 0 bridgehead atoms. The number of unbranched alkanes of at least 4 members (excludes halogenated alkanes) is 2. The molecular formula is C18H30NO2PS2. The molecule has 0 heterocycles. The second-order valence-corrected chi connectivity index (χ2v) is 12.8. The van der Waals surface area contributed by atoms with Crippen LogP contribution in [0.3, 0.4) is 0 Å². The van der Waals surface area contributed by atoms with Crippen molar-refractivity contribution in [1.29, 1.82) is 0 Å². The summed E-state index contributed by atoms with van der Waals surface area (Å²) in [5.41, 5.74) is -0.922. The molecule has 6 heteroatoms. The lowest BCUT2D eigenvalue weighted by Gasteiger charge is -2.32. The van der Waals surface area contributed by atoms with Crippen LogP contribution in [0.4, 0.5) is 0 Å². The van der Waals surface area contributed by atoms with Crippen LogP contribution in [0.15, 0.2) is 30.3 Å². The van der Waals surface area contributed by atoms with E-state index in [9.17, 15) is 4.79 Å². The monoisotopic (exact) mass is 387 g/mol. The van der Waals surface area contributed by atoms with Crippen LogP contribution in [0.5, 0.6) is 0 Å². The van der Waals surface area contributed by atoms with Gasteiger partial charge in [-0.15, -0.1) is 0 Å².